The Morgan fingerprint density at radius 2 is 2.32 bits per heavy atom. The number of hydrogen-bond donors (Lipinski definition) is 2. The van der Waals surface area contributed by atoms with Crippen molar-refractivity contribution in [3.63, 3.8) is 0 Å². The molecule has 1 fully saturated rings. The van der Waals surface area contributed by atoms with Gasteiger partial charge in [-0.15, -0.1) is 0 Å². The molecule has 19 heavy (non-hydrogen) atoms. The summed E-state index contributed by atoms with van der Waals surface area (Å²) < 4.78 is 0. The lowest BCUT2D eigenvalue weighted by atomic mass is 9.89. The third-order valence-electron chi connectivity index (χ3n) is 3.81. The Morgan fingerprint density at radius 1 is 1.53 bits per heavy atom. The van der Waals surface area contributed by atoms with Gasteiger partial charge in [0.05, 0.1) is 5.54 Å². The molecule has 7 heteroatoms. The molecule has 1 aliphatic heterocycles. The standard InChI is InChI=1S/C12H24N6O/c1-2-18-9-3-5-12(6-10-18,11(13)19)15-7-4-8-16-17-14/h15H,2-10H2,1H3,(H2,13,19). The van der Waals surface area contributed by atoms with E-state index in [2.05, 4.69) is 27.2 Å². The number of carbonyl (C=O) groups excluding carboxylic acids is 1. The van der Waals surface area contributed by atoms with Gasteiger partial charge in [0, 0.05) is 18.0 Å². The molecule has 0 aliphatic carbocycles. The summed E-state index contributed by atoms with van der Waals surface area (Å²) >= 11 is 0. The van der Waals surface area contributed by atoms with E-state index in [1.165, 1.54) is 0 Å². The van der Waals surface area contributed by atoms with E-state index < -0.39 is 5.54 Å². The predicted molar refractivity (Wildman–Crippen MR) is 74.5 cm³/mol. The first-order chi connectivity index (χ1) is 9.14. The largest absolute Gasteiger partial charge is 0.368 e. The van der Waals surface area contributed by atoms with Gasteiger partial charge in [-0.25, -0.2) is 0 Å². The molecule has 0 aromatic carbocycles. The lowest BCUT2D eigenvalue weighted by Gasteiger charge is -2.30. The van der Waals surface area contributed by atoms with Crippen molar-refractivity contribution >= 4 is 5.91 Å². The van der Waals surface area contributed by atoms with Gasteiger partial charge in [-0.05, 0) is 50.8 Å². The van der Waals surface area contributed by atoms with E-state index in [0.717, 1.165) is 45.3 Å². The molecule has 1 heterocycles. The lowest BCUT2D eigenvalue weighted by molar-refractivity contribution is -0.125. The number of nitrogens with one attached hydrogen (secondary N) is 1. The Hall–Kier alpha value is -1.30. The predicted octanol–water partition coefficient (Wildman–Crippen LogP) is 1.01. The molecule has 1 saturated heterocycles. The number of likely N-dealkylation sites (tertiary alicyclic amines) is 1. The summed E-state index contributed by atoms with van der Waals surface area (Å²) in [6.07, 6.45) is 3.22. The van der Waals surface area contributed by atoms with Gasteiger partial charge in [0.15, 0.2) is 0 Å². The molecule has 0 bridgehead atoms. The van der Waals surface area contributed by atoms with Gasteiger partial charge in [0.1, 0.15) is 0 Å². The monoisotopic (exact) mass is 268 g/mol. The van der Waals surface area contributed by atoms with Crippen LogP contribution in [-0.2, 0) is 4.79 Å². The lowest BCUT2D eigenvalue weighted by Crippen LogP contribution is -2.56. The van der Waals surface area contributed by atoms with E-state index in [1.54, 1.807) is 0 Å². The minimum Gasteiger partial charge on any atom is -0.368 e. The van der Waals surface area contributed by atoms with Crippen molar-refractivity contribution in [2.75, 3.05) is 32.7 Å². The molecule has 1 aliphatic rings. The second-order valence-electron chi connectivity index (χ2n) is 4.97. The number of rotatable bonds is 7. The van der Waals surface area contributed by atoms with E-state index in [4.69, 9.17) is 11.3 Å². The van der Waals surface area contributed by atoms with Crippen molar-refractivity contribution in [3.05, 3.63) is 10.4 Å². The van der Waals surface area contributed by atoms with Crippen molar-refractivity contribution in [1.82, 2.24) is 10.2 Å². The van der Waals surface area contributed by atoms with Gasteiger partial charge in [0.2, 0.25) is 5.91 Å². The average molecular weight is 268 g/mol. The smallest absolute Gasteiger partial charge is 0.237 e. The highest BCUT2D eigenvalue weighted by Crippen LogP contribution is 2.22. The van der Waals surface area contributed by atoms with Crippen LogP contribution in [0.15, 0.2) is 5.11 Å². The van der Waals surface area contributed by atoms with Crippen molar-refractivity contribution in [1.29, 1.82) is 0 Å². The Kier molecular flexibility index (Phi) is 6.62. The third kappa shape index (κ3) is 4.70. The van der Waals surface area contributed by atoms with Crippen LogP contribution >= 0.6 is 0 Å². The first-order valence-corrected chi connectivity index (χ1v) is 6.93. The number of hydrogen-bond acceptors (Lipinski definition) is 4. The van der Waals surface area contributed by atoms with Gasteiger partial charge in [-0.2, -0.15) is 0 Å². The van der Waals surface area contributed by atoms with Crippen LogP contribution in [0.5, 0.6) is 0 Å². The molecule has 1 rings (SSSR count). The Balaban J connectivity index is 2.53. The highest BCUT2D eigenvalue weighted by atomic mass is 16.1. The summed E-state index contributed by atoms with van der Waals surface area (Å²) in [5.41, 5.74) is 13.2. The number of carbonyl (C=O) groups is 1. The van der Waals surface area contributed by atoms with Crippen LogP contribution in [0.1, 0.15) is 32.6 Å². The van der Waals surface area contributed by atoms with E-state index in [9.17, 15) is 4.79 Å². The number of primary amides is 1. The summed E-state index contributed by atoms with van der Waals surface area (Å²) in [4.78, 5) is 16.9. The molecular formula is C12H24N6O. The molecule has 0 aromatic heterocycles. The second kappa shape index (κ2) is 7.99. The van der Waals surface area contributed by atoms with Crippen LogP contribution in [0, 0.1) is 0 Å². The van der Waals surface area contributed by atoms with Gasteiger partial charge in [-0.1, -0.05) is 12.0 Å². The Bertz CT molecular complexity index is 341. The number of nitrogens with two attached hydrogens (primary N) is 1. The minimum absolute atomic E-state index is 0.269. The Labute approximate surface area is 114 Å². The molecule has 0 spiro atoms. The normalized spacial score (nSPS) is 24.5. The summed E-state index contributed by atoms with van der Waals surface area (Å²) in [5, 5.41) is 6.78. The van der Waals surface area contributed by atoms with E-state index >= 15 is 0 Å². The van der Waals surface area contributed by atoms with Crippen LogP contribution in [0.25, 0.3) is 10.4 Å². The Morgan fingerprint density at radius 3 is 2.95 bits per heavy atom. The number of amides is 1. The highest BCUT2D eigenvalue weighted by Gasteiger charge is 2.37. The zero-order valence-electron chi connectivity index (χ0n) is 11.6. The van der Waals surface area contributed by atoms with Crippen LogP contribution < -0.4 is 11.1 Å². The maximum Gasteiger partial charge on any atom is 0.237 e. The highest BCUT2D eigenvalue weighted by molar-refractivity contribution is 5.84. The average Bonchev–Trinajstić information content (AvgIpc) is 2.62. The van der Waals surface area contributed by atoms with Crippen LogP contribution in [0.4, 0.5) is 0 Å². The van der Waals surface area contributed by atoms with Crippen molar-refractivity contribution in [2.24, 2.45) is 10.8 Å². The molecule has 3 N–H and O–H groups in total. The number of nitrogens with zero attached hydrogens (tertiary/aromatic N) is 4. The maximum absolute atomic E-state index is 11.8. The molecule has 0 radical (unpaired) electrons. The molecular weight excluding hydrogens is 244 g/mol. The fraction of sp³-hybridized carbons (Fsp3) is 0.917. The van der Waals surface area contributed by atoms with E-state index in [0.29, 0.717) is 13.1 Å². The summed E-state index contributed by atoms with van der Waals surface area (Å²) in [6.45, 7) is 6.14. The molecule has 1 atom stereocenters. The van der Waals surface area contributed by atoms with Crippen molar-refractivity contribution in [2.45, 2.75) is 38.1 Å². The summed E-state index contributed by atoms with van der Waals surface area (Å²) in [7, 11) is 0. The molecule has 1 amide bonds. The van der Waals surface area contributed by atoms with Crippen molar-refractivity contribution in [3.8, 4) is 0 Å². The van der Waals surface area contributed by atoms with Crippen LogP contribution in [0.3, 0.4) is 0 Å². The van der Waals surface area contributed by atoms with Gasteiger partial charge >= 0.3 is 0 Å². The molecule has 0 saturated carbocycles. The third-order valence-corrected chi connectivity index (χ3v) is 3.81. The van der Waals surface area contributed by atoms with Crippen LogP contribution in [-0.4, -0.2) is 49.1 Å². The summed E-state index contributed by atoms with van der Waals surface area (Å²) in [6, 6.07) is 0. The fourth-order valence-electron chi connectivity index (χ4n) is 2.54. The van der Waals surface area contributed by atoms with Gasteiger partial charge < -0.3 is 16.0 Å². The minimum atomic E-state index is -0.597. The maximum atomic E-state index is 11.8. The van der Waals surface area contributed by atoms with Gasteiger partial charge in [0.25, 0.3) is 0 Å². The zero-order valence-corrected chi connectivity index (χ0v) is 11.6. The van der Waals surface area contributed by atoms with Gasteiger partial charge in [-0.3, -0.25) is 4.79 Å². The first kappa shape index (κ1) is 15.8. The molecule has 7 nitrogen and oxygen atoms in total. The van der Waals surface area contributed by atoms with E-state index in [1.807, 2.05) is 0 Å². The van der Waals surface area contributed by atoms with Crippen molar-refractivity contribution < 1.29 is 4.79 Å². The molecule has 108 valence electrons. The van der Waals surface area contributed by atoms with Crippen LogP contribution in [0.2, 0.25) is 0 Å². The SMILES string of the molecule is CCN1CCCC(NCCCN=[N+]=[N-])(C(N)=O)CC1. The summed E-state index contributed by atoms with van der Waals surface area (Å²) in [5.74, 6) is -0.269. The second-order valence-corrected chi connectivity index (χ2v) is 4.97. The zero-order chi connectivity index (χ0) is 14.1. The fourth-order valence-corrected chi connectivity index (χ4v) is 2.54. The quantitative estimate of drug-likeness (QED) is 0.311. The molecule has 1 unspecified atom stereocenters. The van der Waals surface area contributed by atoms with E-state index in [-0.39, 0.29) is 5.91 Å². The number of azide groups is 1. The molecule has 0 aromatic rings. The first-order valence-electron chi connectivity index (χ1n) is 6.93. The topological polar surface area (TPSA) is 107 Å².